The van der Waals surface area contributed by atoms with Gasteiger partial charge >= 0.3 is 0 Å². The zero-order valence-electron chi connectivity index (χ0n) is 11.5. The van der Waals surface area contributed by atoms with Gasteiger partial charge in [-0.3, -0.25) is 4.79 Å². The smallest absolute Gasteiger partial charge is 0.265 e. The zero-order chi connectivity index (χ0) is 14.6. The van der Waals surface area contributed by atoms with E-state index in [1.165, 1.54) is 0 Å². The predicted octanol–water partition coefficient (Wildman–Crippen LogP) is 3.72. The van der Waals surface area contributed by atoms with E-state index in [4.69, 9.17) is 11.6 Å². The van der Waals surface area contributed by atoms with Crippen LogP contribution >= 0.6 is 11.6 Å². The third kappa shape index (κ3) is 3.11. The maximum Gasteiger partial charge on any atom is 0.265 e. The highest BCUT2D eigenvalue weighted by atomic mass is 35.5. The first-order chi connectivity index (χ1) is 9.51. The topological polar surface area (TPSA) is 32.3 Å². The molecule has 4 heteroatoms. The molecule has 2 aromatic carbocycles. The van der Waals surface area contributed by atoms with Crippen molar-refractivity contribution in [2.45, 2.75) is 11.9 Å². The van der Waals surface area contributed by atoms with Crippen molar-refractivity contribution in [3.8, 4) is 0 Å². The van der Waals surface area contributed by atoms with Crippen LogP contribution in [0.25, 0.3) is 0 Å². The van der Waals surface area contributed by atoms with Crippen molar-refractivity contribution in [3.05, 3.63) is 60.7 Å². The number of hydrogen-bond donors (Lipinski definition) is 1. The van der Waals surface area contributed by atoms with Crippen LogP contribution in [0.2, 0.25) is 0 Å². The molecular weight excluding hydrogens is 272 g/mol. The van der Waals surface area contributed by atoms with Crippen LogP contribution in [0, 0.1) is 0 Å². The number of alkyl halides is 1. The van der Waals surface area contributed by atoms with Gasteiger partial charge in [-0.1, -0.05) is 48.0 Å². The highest BCUT2D eigenvalue weighted by Crippen LogP contribution is 2.27. The molecule has 0 heterocycles. The van der Waals surface area contributed by atoms with Crippen LogP contribution < -0.4 is 10.2 Å². The highest BCUT2D eigenvalue weighted by molar-refractivity contribution is 6.37. The Morgan fingerprint density at radius 1 is 1.05 bits per heavy atom. The molecule has 3 nitrogen and oxygen atoms in total. The van der Waals surface area contributed by atoms with Crippen LogP contribution in [0.4, 0.5) is 11.4 Å². The van der Waals surface area contributed by atoms with Gasteiger partial charge in [0, 0.05) is 18.4 Å². The van der Waals surface area contributed by atoms with Gasteiger partial charge in [-0.2, -0.15) is 0 Å². The average Bonchev–Trinajstić information content (AvgIpc) is 2.48. The van der Waals surface area contributed by atoms with Crippen molar-refractivity contribution in [2.24, 2.45) is 0 Å². The molecule has 1 amide bonds. The van der Waals surface area contributed by atoms with Crippen molar-refractivity contribution in [1.82, 2.24) is 0 Å². The number of rotatable bonds is 4. The van der Waals surface area contributed by atoms with Crippen LogP contribution in [-0.4, -0.2) is 18.0 Å². The van der Waals surface area contributed by atoms with E-state index in [1.54, 1.807) is 18.9 Å². The number of nitrogens with zero attached hydrogens (tertiary/aromatic N) is 1. The summed E-state index contributed by atoms with van der Waals surface area (Å²) in [6.45, 7) is 1.68. The third-order valence-electron chi connectivity index (χ3n) is 3.22. The summed E-state index contributed by atoms with van der Waals surface area (Å²) < 4.78 is 0. The number of likely N-dealkylation sites (N-methyl/N-ethyl adjacent to an activating group) is 1. The summed E-state index contributed by atoms with van der Waals surface area (Å²) in [5, 5.41) is 2.82. The highest BCUT2D eigenvalue weighted by Gasteiger charge is 2.35. The minimum atomic E-state index is -1.17. The van der Waals surface area contributed by atoms with E-state index >= 15 is 0 Å². The lowest BCUT2D eigenvalue weighted by atomic mass is 10.2. The number of amides is 1. The first kappa shape index (κ1) is 14.4. The van der Waals surface area contributed by atoms with E-state index in [0.29, 0.717) is 0 Å². The second kappa shape index (κ2) is 5.97. The maximum absolute atomic E-state index is 12.4. The quantitative estimate of drug-likeness (QED) is 0.687. The Hall–Kier alpha value is -2.00. The van der Waals surface area contributed by atoms with Crippen molar-refractivity contribution >= 4 is 28.9 Å². The van der Waals surface area contributed by atoms with Crippen LogP contribution in [-0.2, 0) is 4.79 Å². The Morgan fingerprint density at radius 2 is 1.55 bits per heavy atom. The van der Waals surface area contributed by atoms with Gasteiger partial charge in [0.1, 0.15) is 0 Å². The second-order valence-corrected chi connectivity index (χ2v) is 5.40. The van der Waals surface area contributed by atoms with Crippen molar-refractivity contribution in [3.63, 3.8) is 0 Å². The molecular formula is C16H17ClN2O. The summed E-state index contributed by atoms with van der Waals surface area (Å²) in [5.41, 5.74) is 1.61. The molecule has 0 bridgehead atoms. The molecule has 0 aliphatic heterocycles. The average molecular weight is 289 g/mol. The van der Waals surface area contributed by atoms with Gasteiger partial charge in [0.2, 0.25) is 0 Å². The molecule has 0 fully saturated rings. The summed E-state index contributed by atoms with van der Waals surface area (Å²) in [5.74, 6) is -0.267. The van der Waals surface area contributed by atoms with Gasteiger partial charge in [0.15, 0.2) is 5.00 Å². The molecule has 0 aromatic heterocycles. The Morgan fingerprint density at radius 3 is 2.10 bits per heavy atom. The monoisotopic (exact) mass is 288 g/mol. The van der Waals surface area contributed by atoms with E-state index in [2.05, 4.69) is 5.32 Å². The normalized spacial score (nSPS) is 13.3. The van der Waals surface area contributed by atoms with Gasteiger partial charge in [-0.15, -0.1) is 0 Å². The van der Waals surface area contributed by atoms with Gasteiger partial charge in [-0.25, -0.2) is 0 Å². The molecule has 0 spiro atoms. The predicted molar refractivity (Wildman–Crippen MR) is 84.2 cm³/mol. The minimum absolute atomic E-state index is 0.267. The number of carbonyl (C=O) groups is 1. The molecule has 2 rings (SSSR count). The fourth-order valence-corrected chi connectivity index (χ4v) is 1.96. The lowest BCUT2D eigenvalue weighted by Crippen LogP contribution is -2.49. The van der Waals surface area contributed by atoms with Crippen LogP contribution in [0.3, 0.4) is 0 Å². The first-order valence-corrected chi connectivity index (χ1v) is 6.74. The molecule has 1 unspecified atom stereocenters. The summed E-state index contributed by atoms with van der Waals surface area (Å²) >= 11 is 6.44. The molecule has 1 atom stereocenters. The Kier molecular flexibility index (Phi) is 4.30. The van der Waals surface area contributed by atoms with E-state index in [1.807, 2.05) is 60.7 Å². The number of carbonyl (C=O) groups excluding carboxylic acids is 1. The number of para-hydroxylation sites is 2. The molecule has 104 valence electrons. The fourth-order valence-electron chi connectivity index (χ4n) is 1.81. The largest absolute Gasteiger partial charge is 0.348 e. The summed E-state index contributed by atoms with van der Waals surface area (Å²) in [4.78, 5) is 12.9. The molecule has 1 N–H and O–H groups in total. The first-order valence-electron chi connectivity index (χ1n) is 6.36. The number of nitrogens with one attached hydrogen (secondary N) is 1. The SMILES string of the molecule is CN(c1ccccc1)C(C)(Cl)C(=O)Nc1ccccc1. The van der Waals surface area contributed by atoms with Gasteiger partial charge in [0.25, 0.3) is 5.91 Å². The van der Waals surface area contributed by atoms with Gasteiger partial charge < -0.3 is 10.2 Å². The molecule has 0 aliphatic rings. The molecule has 2 aromatic rings. The van der Waals surface area contributed by atoms with Crippen molar-refractivity contribution < 1.29 is 4.79 Å². The summed E-state index contributed by atoms with van der Waals surface area (Å²) in [6, 6.07) is 18.8. The molecule has 0 aliphatic carbocycles. The van der Waals surface area contributed by atoms with Crippen LogP contribution in [0.5, 0.6) is 0 Å². The Balaban J connectivity index is 2.15. The van der Waals surface area contributed by atoms with Crippen LogP contribution in [0.1, 0.15) is 6.92 Å². The van der Waals surface area contributed by atoms with E-state index in [9.17, 15) is 4.79 Å². The Bertz CT molecular complexity index is 570. The van der Waals surface area contributed by atoms with Gasteiger partial charge in [0.05, 0.1) is 0 Å². The summed E-state index contributed by atoms with van der Waals surface area (Å²) in [7, 11) is 1.80. The maximum atomic E-state index is 12.4. The molecule has 0 radical (unpaired) electrons. The number of hydrogen-bond acceptors (Lipinski definition) is 2. The van der Waals surface area contributed by atoms with E-state index in [-0.39, 0.29) is 5.91 Å². The van der Waals surface area contributed by atoms with Crippen LogP contribution in [0.15, 0.2) is 60.7 Å². The van der Waals surface area contributed by atoms with E-state index < -0.39 is 5.00 Å². The zero-order valence-corrected chi connectivity index (χ0v) is 12.3. The molecule has 20 heavy (non-hydrogen) atoms. The molecule has 0 saturated heterocycles. The molecule has 0 saturated carbocycles. The van der Waals surface area contributed by atoms with E-state index in [0.717, 1.165) is 11.4 Å². The lowest BCUT2D eigenvalue weighted by molar-refractivity contribution is -0.118. The lowest BCUT2D eigenvalue weighted by Gasteiger charge is -2.33. The van der Waals surface area contributed by atoms with Gasteiger partial charge in [-0.05, 0) is 31.2 Å². The standard InChI is InChI=1S/C16H17ClN2O/c1-16(17,19(2)14-11-7-4-8-12-14)15(20)18-13-9-5-3-6-10-13/h3-12H,1-2H3,(H,18,20). The Labute approximate surface area is 124 Å². The number of halogens is 1. The second-order valence-electron chi connectivity index (χ2n) is 4.67. The van der Waals surface area contributed by atoms with Crippen molar-refractivity contribution in [1.29, 1.82) is 0 Å². The fraction of sp³-hybridized carbons (Fsp3) is 0.188. The summed E-state index contributed by atoms with van der Waals surface area (Å²) in [6.07, 6.45) is 0. The number of anilines is 2. The minimum Gasteiger partial charge on any atom is -0.348 e. The van der Waals surface area contributed by atoms with Crippen molar-refractivity contribution in [2.75, 3.05) is 17.3 Å². The number of benzene rings is 2. The third-order valence-corrected chi connectivity index (χ3v) is 3.64.